The van der Waals surface area contributed by atoms with Gasteiger partial charge in [0.15, 0.2) is 6.10 Å². The number of piperidine rings is 2. The standard InChI is InChI=1S/C47H53F3N4O7S2/c1-33(47(48,49)50)61-37-20-18-36(19-21-37)54(35-16-14-34(15-17-35)44(2,3)4)41(32-46(43(54)56)25-30-53(31-26-46)63(59,60)38-10-6-5-7-11-38)62(57,58)40-13-9-8-12-39(40)52-28-23-45(24-29-52)22-27-51-42(45)55/h5-21,33,41H,22-32H2,1-4H3/p+1. The lowest BCUT2D eigenvalue weighted by Gasteiger charge is -2.40. The summed E-state index contributed by atoms with van der Waals surface area (Å²) in [6, 6.07) is 27.6. The highest BCUT2D eigenvalue weighted by Gasteiger charge is 2.70. The second kappa shape index (κ2) is 16.0. The van der Waals surface area contributed by atoms with Crippen molar-refractivity contribution in [2.24, 2.45) is 10.8 Å². The number of anilines is 1. The minimum atomic E-state index is -4.65. The lowest BCUT2D eigenvalue weighted by atomic mass is 9.77. The molecule has 3 atom stereocenters. The number of nitrogens with one attached hydrogen (secondary N) is 1. The normalized spacial score (nSPS) is 23.5. The van der Waals surface area contributed by atoms with E-state index in [2.05, 4.69) is 5.32 Å². The molecule has 0 aliphatic carbocycles. The molecule has 4 saturated heterocycles. The van der Waals surface area contributed by atoms with Crippen molar-refractivity contribution in [3.8, 4) is 5.75 Å². The summed E-state index contributed by atoms with van der Waals surface area (Å²) in [4.78, 5) is 31.1. The van der Waals surface area contributed by atoms with Gasteiger partial charge < -0.3 is 15.0 Å². The third-order valence-corrected chi connectivity index (χ3v) is 18.0. The predicted octanol–water partition coefficient (Wildman–Crippen LogP) is 8.26. The Bertz CT molecular complexity index is 2590. The Morgan fingerprint density at radius 2 is 1.29 bits per heavy atom. The molecule has 0 aromatic heterocycles. The van der Waals surface area contributed by atoms with Crippen LogP contribution in [0.1, 0.15) is 71.8 Å². The maximum Gasteiger partial charge on any atom is 0.425 e. The summed E-state index contributed by atoms with van der Waals surface area (Å²) in [7, 11) is -8.47. The first-order valence-corrected chi connectivity index (χ1v) is 24.4. The van der Waals surface area contributed by atoms with Gasteiger partial charge >= 0.3 is 12.1 Å². The molecule has 4 aromatic rings. The first-order chi connectivity index (χ1) is 29.6. The van der Waals surface area contributed by atoms with Crippen LogP contribution in [0.4, 0.5) is 30.2 Å². The average Bonchev–Trinajstić information content (AvgIpc) is 3.74. The highest BCUT2D eigenvalue weighted by atomic mass is 32.2. The van der Waals surface area contributed by atoms with Gasteiger partial charge in [0.1, 0.15) is 17.1 Å². The number of hydrogen-bond donors (Lipinski definition) is 1. The van der Waals surface area contributed by atoms with Crippen LogP contribution in [0.3, 0.4) is 0 Å². The number of alkyl halides is 3. The SMILES string of the molecule is CC(Oc1ccc([N+]2(c3ccc(C(C)(C)C)cc3)C(=O)C3(CCN(S(=O)(=O)c4ccccc4)CC3)CC2S(=O)(=O)c2ccccc2N2CCC3(CCNC3=O)CC2)cc1)C(F)(F)F. The Labute approximate surface area is 367 Å². The van der Waals surface area contributed by atoms with Gasteiger partial charge in [0.25, 0.3) is 0 Å². The first kappa shape index (κ1) is 44.8. The molecule has 3 unspecified atom stereocenters. The molecule has 2 spiro atoms. The molecule has 16 heteroatoms. The average molecular weight is 908 g/mol. The van der Waals surface area contributed by atoms with E-state index in [1.807, 2.05) is 37.8 Å². The number of nitrogens with zero attached hydrogens (tertiary/aromatic N) is 3. The lowest BCUT2D eigenvalue weighted by Crippen LogP contribution is -2.57. The van der Waals surface area contributed by atoms with Crippen molar-refractivity contribution in [1.29, 1.82) is 0 Å². The number of rotatable bonds is 9. The smallest absolute Gasteiger partial charge is 0.425 e. The number of ether oxygens (including phenoxy) is 1. The molecule has 4 aliphatic rings. The molecule has 4 heterocycles. The molecule has 4 aromatic carbocycles. The summed E-state index contributed by atoms with van der Waals surface area (Å²) in [5.74, 6) is -0.545. The number of quaternary nitrogens is 1. The van der Waals surface area contributed by atoms with Gasteiger partial charge in [-0.2, -0.15) is 22.0 Å². The fraction of sp³-hybridized carbons (Fsp3) is 0.447. The number of para-hydroxylation sites is 1. The van der Waals surface area contributed by atoms with E-state index in [0.29, 0.717) is 50.3 Å². The van der Waals surface area contributed by atoms with Crippen LogP contribution in [0.25, 0.3) is 0 Å². The zero-order chi connectivity index (χ0) is 45.2. The van der Waals surface area contributed by atoms with Gasteiger partial charge in [0.05, 0.1) is 26.3 Å². The zero-order valence-corrected chi connectivity index (χ0v) is 37.5. The van der Waals surface area contributed by atoms with Crippen molar-refractivity contribution in [1.82, 2.24) is 14.1 Å². The largest absolute Gasteiger partial charge is 0.481 e. The molecule has 63 heavy (non-hydrogen) atoms. The minimum absolute atomic E-state index is 0.0172. The fourth-order valence-electron chi connectivity index (χ4n) is 10.1. The monoisotopic (exact) mass is 907 g/mol. The number of carbonyl (C=O) groups excluding carboxylic acids is 2. The van der Waals surface area contributed by atoms with E-state index in [-0.39, 0.29) is 64.9 Å². The van der Waals surface area contributed by atoms with Crippen LogP contribution in [-0.4, -0.2) is 83.3 Å². The predicted molar refractivity (Wildman–Crippen MR) is 235 cm³/mol. The van der Waals surface area contributed by atoms with Gasteiger partial charge in [-0.15, -0.1) is 0 Å². The van der Waals surface area contributed by atoms with Crippen molar-refractivity contribution in [3.05, 3.63) is 109 Å². The van der Waals surface area contributed by atoms with Crippen LogP contribution in [0, 0.1) is 10.8 Å². The molecule has 2 amide bonds. The third-order valence-electron chi connectivity index (χ3n) is 14.0. The van der Waals surface area contributed by atoms with Gasteiger partial charge in [-0.3, -0.25) is 4.79 Å². The third kappa shape index (κ3) is 7.74. The Hall–Kier alpha value is -4.77. The number of sulfone groups is 1. The lowest BCUT2D eigenvalue weighted by molar-refractivity contribution is -0.189. The number of amides is 2. The van der Waals surface area contributed by atoms with Gasteiger partial charge in [-0.1, -0.05) is 63.2 Å². The number of sulfonamides is 1. The van der Waals surface area contributed by atoms with Crippen molar-refractivity contribution in [3.63, 3.8) is 0 Å². The number of benzene rings is 4. The van der Waals surface area contributed by atoms with Crippen molar-refractivity contribution < 1.29 is 44.3 Å². The zero-order valence-electron chi connectivity index (χ0n) is 35.9. The van der Waals surface area contributed by atoms with Gasteiger partial charge in [0, 0.05) is 63.4 Å². The van der Waals surface area contributed by atoms with Crippen LogP contribution in [0.15, 0.2) is 113 Å². The molecule has 4 aliphatic heterocycles. The summed E-state index contributed by atoms with van der Waals surface area (Å²) in [6.07, 6.45) is -5.07. The number of carbonyl (C=O) groups is 2. The Kier molecular flexibility index (Phi) is 11.4. The van der Waals surface area contributed by atoms with E-state index in [4.69, 9.17) is 4.74 Å². The summed E-state index contributed by atoms with van der Waals surface area (Å²) < 4.78 is 106. The number of hydrogen-bond acceptors (Lipinski definition) is 8. The number of halogens is 3. The Morgan fingerprint density at radius 3 is 1.84 bits per heavy atom. The van der Waals surface area contributed by atoms with E-state index in [9.17, 15) is 26.4 Å². The summed E-state index contributed by atoms with van der Waals surface area (Å²) in [5, 5.41) is 1.46. The molecule has 0 bridgehead atoms. The van der Waals surface area contributed by atoms with Crippen LogP contribution >= 0.6 is 0 Å². The maximum absolute atomic E-state index is 16.1. The molecular formula is C47H54F3N4O7S2+. The Morgan fingerprint density at radius 1 is 0.730 bits per heavy atom. The molecule has 8 rings (SSSR count). The van der Waals surface area contributed by atoms with Crippen LogP contribution in [0.2, 0.25) is 0 Å². The van der Waals surface area contributed by atoms with Crippen LogP contribution in [-0.2, 0) is 34.9 Å². The molecule has 1 N–H and O–H groups in total. The summed E-state index contributed by atoms with van der Waals surface area (Å²) in [6.45, 7) is 8.38. The molecule has 336 valence electrons. The molecule has 0 radical (unpaired) electrons. The highest BCUT2D eigenvalue weighted by Crippen LogP contribution is 2.58. The van der Waals surface area contributed by atoms with Crippen LogP contribution in [0.5, 0.6) is 5.75 Å². The molecule has 4 fully saturated rings. The van der Waals surface area contributed by atoms with E-state index < -0.39 is 58.7 Å². The van der Waals surface area contributed by atoms with Crippen molar-refractivity contribution in [2.75, 3.05) is 37.6 Å². The summed E-state index contributed by atoms with van der Waals surface area (Å²) >= 11 is 0. The second-order valence-corrected chi connectivity index (χ2v) is 22.6. The van der Waals surface area contributed by atoms with Crippen molar-refractivity contribution in [2.45, 2.75) is 99.1 Å². The minimum Gasteiger partial charge on any atom is -0.481 e. The van der Waals surface area contributed by atoms with E-state index >= 15 is 13.2 Å². The molecule has 0 saturated carbocycles. The van der Waals surface area contributed by atoms with Gasteiger partial charge in [-0.25, -0.2) is 21.6 Å². The Balaban J connectivity index is 1.28. The van der Waals surface area contributed by atoms with E-state index in [0.717, 1.165) is 12.5 Å². The summed E-state index contributed by atoms with van der Waals surface area (Å²) in [5.41, 5.74) is -0.194. The second-order valence-electron chi connectivity index (χ2n) is 18.6. The first-order valence-electron chi connectivity index (χ1n) is 21.5. The fourth-order valence-corrected chi connectivity index (χ4v) is 13.9. The highest BCUT2D eigenvalue weighted by molar-refractivity contribution is 7.92. The molecule has 11 nitrogen and oxygen atoms in total. The van der Waals surface area contributed by atoms with Crippen LogP contribution < -0.4 is 19.4 Å². The molecular weight excluding hydrogens is 854 g/mol. The van der Waals surface area contributed by atoms with Gasteiger partial charge in [0.2, 0.25) is 31.1 Å². The quantitative estimate of drug-likeness (QED) is 0.166. The maximum atomic E-state index is 16.1. The van der Waals surface area contributed by atoms with E-state index in [1.54, 1.807) is 54.6 Å². The topological polar surface area (TPSA) is 130 Å². The van der Waals surface area contributed by atoms with Gasteiger partial charge in [-0.05, 0) is 86.4 Å². The van der Waals surface area contributed by atoms with Crippen molar-refractivity contribution >= 4 is 48.7 Å². The van der Waals surface area contributed by atoms with E-state index in [1.165, 1.54) is 40.7 Å².